The molecule has 0 bridgehead atoms. The van der Waals surface area contributed by atoms with Gasteiger partial charge in [0.05, 0.1) is 24.4 Å². The third kappa shape index (κ3) is 3.64. The second kappa shape index (κ2) is 6.10. The average molecular weight is 249 g/mol. The molecule has 1 atom stereocenters. The molecular formula is C15H23NO2. The Morgan fingerprint density at radius 3 is 2.61 bits per heavy atom. The number of hydrogen-bond donors (Lipinski definition) is 1. The van der Waals surface area contributed by atoms with Crippen molar-refractivity contribution in [2.45, 2.75) is 38.8 Å². The number of methoxy groups -OCH3 is 1. The van der Waals surface area contributed by atoms with Gasteiger partial charge in [0.2, 0.25) is 0 Å². The number of nitrogens with one attached hydrogen (secondary N) is 1. The summed E-state index contributed by atoms with van der Waals surface area (Å²) in [6, 6.07) is 8.52. The minimum atomic E-state index is 0.190. The first-order valence-electron chi connectivity index (χ1n) is 6.72. The monoisotopic (exact) mass is 249 g/mol. The molecule has 1 saturated carbocycles. The van der Waals surface area contributed by atoms with Gasteiger partial charge in [-0.25, -0.2) is 0 Å². The fourth-order valence-electron chi connectivity index (χ4n) is 2.12. The van der Waals surface area contributed by atoms with E-state index in [1.807, 2.05) is 32.0 Å². The topological polar surface area (TPSA) is 30.5 Å². The van der Waals surface area contributed by atoms with E-state index in [-0.39, 0.29) is 6.10 Å². The number of para-hydroxylation sites is 2. The molecule has 0 aliphatic heterocycles. The fourth-order valence-corrected chi connectivity index (χ4v) is 2.12. The molecule has 0 saturated heterocycles. The highest BCUT2D eigenvalue weighted by Gasteiger charge is 2.31. The van der Waals surface area contributed by atoms with Crippen LogP contribution in [0.4, 0.5) is 5.69 Å². The summed E-state index contributed by atoms with van der Waals surface area (Å²) in [6.45, 7) is 4.84. The lowest BCUT2D eigenvalue weighted by Crippen LogP contribution is -2.27. The van der Waals surface area contributed by atoms with Gasteiger partial charge in [0.1, 0.15) is 5.75 Å². The van der Waals surface area contributed by atoms with Crippen molar-refractivity contribution in [2.24, 2.45) is 5.92 Å². The van der Waals surface area contributed by atoms with Crippen molar-refractivity contribution in [1.82, 2.24) is 0 Å². The predicted octanol–water partition coefficient (Wildman–Crippen LogP) is 3.31. The van der Waals surface area contributed by atoms with Gasteiger partial charge in [0, 0.05) is 7.11 Å². The van der Waals surface area contributed by atoms with Crippen LogP contribution in [0.25, 0.3) is 0 Å². The lowest BCUT2D eigenvalue weighted by Gasteiger charge is -2.21. The van der Waals surface area contributed by atoms with E-state index in [0.717, 1.165) is 24.0 Å². The number of rotatable bonds is 7. The van der Waals surface area contributed by atoms with E-state index >= 15 is 0 Å². The Morgan fingerprint density at radius 2 is 2.00 bits per heavy atom. The first kappa shape index (κ1) is 13.2. The molecule has 2 rings (SSSR count). The summed E-state index contributed by atoms with van der Waals surface area (Å²) >= 11 is 0. The van der Waals surface area contributed by atoms with Crippen LogP contribution in [0.15, 0.2) is 24.3 Å². The minimum Gasteiger partial charge on any atom is -0.489 e. The van der Waals surface area contributed by atoms with Crippen molar-refractivity contribution in [3.63, 3.8) is 0 Å². The maximum absolute atomic E-state index is 5.82. The molecular weight excluding hydrogens is 226 g/mol. The van der Waals surface area contributed by atoms with Gasteiger partial charge in [-0.3, -0.25) is 0 Å². The van der Waals surface area contributed by atoms with E-state index in [4.69, 9.17) is 9.47 Å². The molecule has 1 aromatic rings. The third-order valence-electron chi connectivity index (χ3n) is 3.13. The van der Waals surface area contributed by atoms with Crippen LogP contribution in [0.5, 0.6) is 5.75 Å². The zero-order chi connectivity index (χ0) is 13.0. The second-order valence-electron chi connectivity index (χ2n) is 5.21. The number of anilines is 1. The van der Waals surface area contributed by atoms with E-state index < -0.39 is 0 Å². The Labute approximate surface area is 109 Å². The van der Waals surface area contributed by atoms with Crippen LogP contribution in [0.3, 0.4) is 0 Å². The van der Waals surface area contributed by atoms with E-state index in [1.165, 1.54) is 12.8 Å². The Hall–Kier alpha value is -1.22. The molecule has 3 nitrogen and oxygen atoms in total. The minimum absolute atomic E-state index is 0.190. The van der Waals surface area contributed by atoms with Crippen LogP contribution >= 0.6 is 0 Å². The maximum atomic E-state index is 5.82. The highest BCUT2D eigenvalue weighted by molar-refractivity contribution is 5.57. The number of benzene rings is 1. The normalized spacial score (nSPS) is 16.7. The molecule has 1 unspecified atom stereocenters. The molecule has 0 aromatic heterocycles. The van der Waals surface area contributed by atoms with E-state index in [9.17, 15) is 0 Å². The highest BCUT2D eigenvalue weighted by Crippen LogP contribution is 2.36. The molecule has 1 N–H and O–H groups in total. The molecule has 1 aliphatic carbocycles. The summed E-state index contributed by atoms with van der Waals surface area (Å²) in [5, 5.41) is 3.57. The Bertz CT molecular complexity index is 375. The Kier molecular flexibility index (Phi) is 4.48. The molecule has 3 heteroatoms. The van der Waals surface area contributed by atoms with Gasteiger partial charge in [0.25, 0.3) is 0 Å². The summed E-state index contributed by atoms with van der Waals surface area (Å²) in [5.74, 6) is 1.67. The lowest BCUT2D eigenvalue weighted by atomic mass is 10.1. The van der Waals surface area contributed by atoms with Crippen molar-refractivity contribution in [1.29, 1.82) is 0 Å². The van der Waals surface area contributed by atoms with Crippen molar-refractivity contribution in [2.75, 3.05) is 19.0 Å². The molecule has 1 fully saturated rings. The SMILES string of the molecule is COCC(Nc1ccccc1OC(C)C)C1CC1. The second-order valence-corrected chi connectivity index (χ2v) is 5.21. The van der Waals surface area contributed by atoms with Crippen LogP contribution in [-0.2, 0) is 4.74 Å². The van der Waals surface area contributed by atoms with Crippen molar-refractivity contribution in [3.8, 4) is 5.75 Å². The van der Waals surface area contributed by atoms with E-state index in [0.29, 0.717) is 6.04 Å². The van der Waals surface area contributed by atoms with Crippen LogP contribution in [0.2, 0.25) is 0 Å². The van der Waals surface area contributed by atoms with Gasteiger partial charge in [-0.1, -0.05) is 12.1 Å². The first-order valence-corrected chi connectivity index (χ1v) is 6.72. The summed E-state index contributed by atoms with van der Waals surface area (Å²) in [5.41, 5.74) is 1.07. The maximum Gasteiger partial charge on any atom is 0.142 e. The zero-order valence-electron chi connectivity index (χ0n) is 11.5. The smallest absolute Gasteiger partial charge is 0.142 e. The Balaban J connectivity index is 2.06. The molecule has 0 heterocycles. The van der Waals surface area contributed by atoms with Gasteiger partial charge < -0.3 is 14.8 Å². The van der Waals surface area contributed by atoms with Gasteiger partial charge in [-0.15, -0.1) is 0 Å². The quantitative estimate of drug-likeness (QED) is 0.804. The summed E-state index contributed by atoms with van der Waals surface area (Å²) in [6.07, 6.45) is 2.79. The summed E-state index contributed by atoms with van der Waals surface area (Å²) < 4.78 is 11.1. The average Bonchev–Trinajstić information content (AvgIpc) is 3.14. The lowest BCUT2D eigenvalue weighted by molar-refractivity contribution is 0.179. The molecule has 0 spiro atoms. The van der Waals surface area contributed by atoms with Gasteiger partial charge >= 0.3 is 0 Å². The van der Waals surface area contributed by atoms with Crippen LogP contribution < -0.4 is 10.1 Å². The highest BCUT2D eigenvalue weighted by atomic mass is 16.5. The van der Waals surface area contributed by atoms with Crippen LogP contribution in [0, 0.1) is 5.92 Å². The first-order chi connectivity index (χ1) is 8.70. The summed E-state index contributed by atoms with van der Waals surface area (Å²) in [4.78, 5) is 0. The molecule has 0 amide bonds. The molecule has 0 radical (unpaired) electrons. The summed E-state index contributed by atoms with van der Waals surface area (Å²) in [7, 11) is 1.76. The van der Waals surface area contributed by atoms with E-state index in [2.05, 4.69) is 11.4 Å². The fraction of sp³-hybridized carbons (Fsp3) is 0.600. The van der Waals surface area contributed by atoms with Crippen molar-refractivity contribution >= 4 is 5.69 Å². The zero-order valence-corrected chi connectivity index (χ0v) is 11.5. The molecule has 18 heavy (non-hydrogen) atoms. The van der Waals surface area contributed by atoms with Gasteiger partial charge in [-0.2, -0.15) is 0 Å². The Morgan fingerprint density at radius 1 is 1.28 bits per heavy atom. The van der Waals surface area contributed by atoms with Crippen LogP contribution in [0.1, 0.15) is 26.7 Å². The standard InChI is InChI=1S/C15H23NO2/c1-11(2)18-15-7-5-4-6-13(15)16-14(10-17-3)12-8-9-12/h4-7,11-12,14,16H,8-10H2,1-3H3. The molecule has 1 aromatic carbocycles. The number of hydrogen-bond acceptors (Lipinski definition) is 3. The van der Waals surface area contributed by atoms with Gasteiger partial charge in [0.15, 0.2) is 0 Å². The van der Waals surface area contributed by atoms with Crippen molar-refractivity contribution < 1.29 is 9.47 Å². The van der Waals surface area contributed by atoms with Crippen molar-refractivity contribution in [3.05, 3.63) is 24.3 Å². The van der Waals surface area contributed by atoms with Gasteiger partial charge in [-0.05, 0) is 44.7 Å². The van der Waals surface area contributed by atoms with E-state index in [1.54, 1.807) is 7.11 Å². The third-order valence-corrected chi connectivity index (χ3v) is 3.13. The largest absolute Gasteiger partial charge is 0.489 e. The van der Waals surface area contributed by atoms with Crippen LogP contribution in [-0.4, -0.2) is 25.9 Å². The predicted molar refractivity (Wildman–Crippen MR) is 74.2 cm³/mol. The molecule has 100 valence electrons. The number of ether oxygens (including phenoxy) is 2. The molecule has 1 aliphatic rings.